The van der Waals surface area contributed by atoms with Crippen molar-refractivity contribution in [2.24, 2.45) is 23.5 Å². The minimum Gasteiger partial charge on any atom is -0.330 e. The van der Waals surface area contributed by atoms with Gasteiger partial charge in [-0.25, -0.2) is 0 Å². The summed E-state index contributed by atoms with van der Waals surface area (Å²) in [6, 6.07) is 0. The van der Waals surface area contributed by atoms with Gasteiger partial charge in [-0.3, -0.25) is 0 Å². The van der Waals surface area contributed by atoms with E-state index >= 15 is 0 Å². The normalized spacial score (nSPS) is 27.4. The summed E-state index contributed by atoms with van der Waals surface area (Å²) in [4.78, 5) is 2.65. The van der Waals surface area contributed by atoms with Crippen LogP contribution >= 0.6 is 0 Å². The maximum Gasteiger partial charge on any atom is 0.000966 e. The van der Waals surface area contributed by atoms with Crippen LogP contribution in [0.2, 0.25) is 0 Å². The Morgan fingerprint density at radius 2 is 1.71 bits per heavy atom. The second-order valence-corrected chi connectivity index (χ2v) is 5.99. The largest absolute Gasteiger partial charge is 0.330 e. The summed E-state index contributed by atoms with van der Waals surface area (Å²) >= 11 is 0. The van der Waals surface area contributed by atoms with Crippen LogP contribution in [0.4, 0.5) is 0 Å². The molecule has 102 valence electrons. The van der Waals surface area contributed by atoms with Gasteiger partial charge in [0.1, 0.15) is 0 Å². The predicted molar refractivity (Wildman–Crippen MR) is 76.1 cm³/mol. The third-order valence-electron chi connectivity index (χ3n) is 4.53. The van der Waals surface area contributed by atoms with E-state index in [2.05, 4.69) is 25.7 Å². The highest BCUT2D eigenvalue weighted by atomic mass is 15.1. The molecule has 1 rings (SSSR count). The van der Waals surface area contributed by atoms with E-state index in [1.807, 2.05) is 0 Å². The molecule has 0 bridgehead atoms. The van der Waals surface area contributed by atoms with Crippen LogP contribution < -0.4 is 5.73 Å². The molecule has 1 atom stereocenters. The zero-order valence-electron chi connectivity index (χ0n) is 12.1. The Balaban J connectivity index is 2.26. The maximum atomic E-state index is 5.75. The molecule has 0 amide bonds. The van der Waals surface area contributed by atoms with Gasteiger partial charge >= 0.3 is 0 Å². The summed E-state index contributed by atoms with van der Waals surface area (Å²) in [6.45, 7) is 11.7. The van der Waals surface area contributed by atoms with Gasteiger partial charge in [0.15, 0.2) is 0 Å². The Morgan fingerprint density at radius 1 is 1.12 bits per heavy atom. The van der Waals surface area contributed by atoms with Crippen LogP contribution in [0, 0.1) is 17.8 Å². The summed E-state index contributed by atoms with van der Waals surface area (Å²) < 4.78 is 0. The van der Waals surface area contributed by atoms with Crippen LogP contribution in [0.3, 0.4) is 0 Å². The zero-order chi connectivity index (χ0) is 12.7. The van der Waals surface area contributed by atoms with Crippen LogP contribution in [0.5, 0.6) is 0 Å². The molecule has 0 aromatic carbocycles. The Hall–Kier alpha value is -0.0800. The monoisotopic (exact) mass is 240 g/mol. The van der Waals surface area contributed by atoms with Crippen LogP contribution in [0.25, 0.3) is 0 Å². The second kappa shape index (κ2) is 8.10. The van der Waals surface area contributed by atoms with E-state index in [0.717, 1.165) is 24.3 Å². The first-order chi connectivity index (χ1) is 8.19. The van der Waals surface area contributed by atoms with Gasteiger partial charge in [0.05, 0.1) is 0 Å². The maximum absolute atomic E-state index is 5.75. The first kappa shape index (κ1) is 15.0. The molecule has 1 fully saturated rings. The quantitative estimate of drug-likeness (QED) is 0.741. The van der Waals surface area contributed by atoms with Gasteiger partial charge in [0.2, 0.25) is 0 Å². The molecular formula is C15H32N2. The van der Waals surface area contributed by atoms with Gasteiger partial charge in [-0.05, 0) is 56.5 Å². The van der Waals surface area contributed by atoms with Crippen molar-refractivity contribution in [3.63, 3.8) is 0 Å². The van der Waals surface area contributed by atoms with Crippen LogP contribution in [0.1, 0.15) is 52.9 Å². The lowest BCUT2D eigenvalue weighted by molar-refractivity contribution is 0.170. The van der Waals surface area contributed by atoms with Gasteiger partial charge in [-0.2, -0.15) is 0 Å². The summed E-state index contributed by atoms with van der Waals surface area (Å²) in [5.74, 6) is 2.59. The number of hydrogen-bond donors (Lipinski definition) is 1. The van der Waals surface area contributed by atoms with Gasteiger partial charge in [0, 0.05) is 13.1 Å². The summed E-state index contributed by atoms with van der Waals surface area (Å²) in [7, 11) is 0. The van der Waals surface area contributed by atoms with Crippen molar-refractivity contribution in [3.8, 4) is 0 Å². The van der Waals surface area contributed by atoms with Crippen molar-refractivity contribution < 1.29 is 0 Å². The smallest absolute Gasteiger partial charge is 0.000966 e. The summed E-state index contributed by atoms with van der Waals surface area (Å²) in [5, 5.41) is 0. The fraction of sp³-hybridized carbons (Fsp3) is 1.00. The molecule has 0 saturated heterocycles. The molecule has 0 heterocycles. The second-order valence-electron chi connectivity index (χ2n) is 5.99. The lowest BCUT2D eigenvalue weighted by atomic mass is 9.82. The van der Waals surface area contributed by atoms with E-state index in [1.165, 1.54) is 51.7 Å². The van der Waals surface area contributed by atoms with Crippen LogP contribution in [-0.4, -0.2) is 31.1 Å². The minimum atomic E-state index is 0.816. The minimum absolute atomic E-state index is 0.816. The molecule has 0 spiro atoms. The molecule has 0 aromatic rings. The van der Waals surface area contributed by atoms with E-state index in [9.17, 15) is 0 Å². The molecule has 0 aromatic heterocycles. The molecule has 1 aliphatic rings. The molecule has 1 aliphatic carbocycles. The number of nitrogens with two attached hydrogens (primary N) is 1. The number of hydrogen-bond acceptors (Lipinski definition) is 2. The Labute approximate surface area is 108 Å². The Morgan fingerprint density at radius 3 is 2.18 bits per heavy atom. The zero-order valence-corrected chi connectivity index (χ0v) is 12.1. The van der Waals surface area contributed by atoms with Gasteiger partial charge < -0.3 is 10.6 Å². The fourth-order valence-electron chi connectivity index (χ4n) is 2.92. The van der Waals surface area contributed by atoms with Crippen molar-refractivity contribution in [2.75, 3.05) is 26.2 Å². The van der Waals surface area contributed by atoms with E-state index < -0.39 is 0 Å². The van der Waals surface area contributed by atoms with Crippen molar-refractivity contribution in [3.05, 3.63) is 0 Å². The molecule has 2 N–H and O–H groups in total. The average Bonchev–Trinajstić information content (AvgIpc) is 2.38. The SMILES string of the molecule is CCC(C)CN(CC)CC1CCC(CN)CC1. The molecule has 2 nitrogen and oxygen atoms in total. The highest BCUT2D eigenvalue weighted by molar-refractivity contribution is 4.76. The van der Waals surface area contributed by atoms with Gasteiger partial charge in [-0.15, -0.1) is 0 Å². The highest BCUT2D eigenvalue weighted by Gasteiger charge is 2.22. The van der Waals surface area contributed by atoms with E-state index in [0.29, 0.717) is 0 Å². The molecule has 0 radical (unpaired) electrons. The predicted octanol–water partition coefficient (Wildman–Crippen LogP) is 3.12. The summed E-state index contributed by atoms with van der Waals surface area (Å²) in [5.41, 5.74) is 5.75. The third kappa shape index (κ3) is 5.39. The number of rotatable bonds is 7. The molecule has 1 unspecified atom stereocenters. The molecule has 0 aliphatic heterocycles. The van der Waals surface area contributed by atoms with Crippen molar-refractivity contribution in [2.45, 2.75) is 52.9 Å². The van der Waals surface area contributed by atoms with Gasteiger partial charge in [-0.1, -0.05) is 27.2 Å². The Bertz CT molecular complexity index is 185. The molecule has 17 heavy (non-hydrogen) atoms. The van der Waals surface area contributed by atoms with E-state index in [1.54, 1.807) is 0 Å². The first-order valence-electron chi connectivity index (χ1n) is 7.61. The van der Waals surface area contributed by atoms with Crippen molar-refractivity contribution in [1.82, 2.24) is 4.90 Å². The lowest BCUT2D eigenvalue weighted by Gasteiger charge is -2.33. The Kier molecular flexibility index (Phi) is 7.14. The third-order valence-corrected chi connectivity index (χ3v) is 4.53. The van der Waals surface area contributed by atoms with Crippen molar-refractivity contribution in [1.29, 1.82) is 0 Å². The van der Waals surface area contributed by atoms with Crippen LogP contribution in [-0.2, 0) is 0 Å². The molecule has 2 heteroatoms. The highest BCUT2D eigenvalue weighted by Crippen LogP contribution is 2.28. The fourth-order valence-corrected chi connectivity index (χ4v) is 2.92. The number of nitrogens with zero attached hydrogens (tertiary/aromatic N) is 1. The topological polar surface area (TPSA) is 29.3 Å². The van der Waals surface area contributed by atoms with Gasteiger partial charge in [0.25, 0.3) is 0 Å². The molecular weight excluding hydrogens is 208 g/mol. The molecule has 1 saturated carbocycles. The van der Waals surface area contributed by atoms with E-state index in [-0.39, 0.29) is 0 Å². The van der Waals surface area contributed by atoms with Crippen LogP contribution in [0.15, 0.2) is 0 Å². The standard InChI is InChI=1S/C15H32N2/c1-4-13(3)11-17(5-2)12-15-8-6-14(10-16)7-9-15/h13-15H,4-12,16H2,1-3H3. The summed E-state index contributed by atoms with van der Waals surface area (Å²) in [6.07, 6.45) is 6.83. The lowest BCUT2D eigenvalue weighted by Crippen LogP contribution is -2.35. The first-order valence-corrected chi connectivity index (χ1v) is 7.61. The van der Waals surface area contributed by atoms with E-state index in [4.69, 9.17) is 5.73 Å². The van der Waals surface area contributed by atoms with Crippen molar-refractivity contribution >= 4 is 0 Å². The average molecular weight is 240 g/mol.